The second-order valence-electron chi connectivity index (χ2n) is 15.7. The van der Waals surface area contributed by atoms with Crippen molar-refractivity contribution < 1.29 is 81.0 Å². The van der Waals surface area contributed by atoms with Gasteiger partial charge in [0.05, 0.1) is 43.8 Å². The summed E-state index contributed by atoms with van der Waals surface area (Å²) < 4.78 is 134. The molecular formula is C38H41N3O18S4. The number of Topliss-reactive ketones (excluding diaryl/α,β-unsaturated/α-hetero) is 1. The van der Waals surface area contributed by atoms with E-state index in [2.05, 4.69) is 4.99 Å². The van der Waals surface area contributed by atoms with Gasteiger partial charge >= 0.3 is 5.97 Å². The number of hydroxylamine groups is 2. The molecular weight excluding hydrogens is 915 g/mol. The molecule has 4 aliphatic rings. The Bertz CT molecular complexity index is 2920. The van der Waals surface area contributed by atoms with Crippen LogP contribution in [0.3, 0.4) is 0 Å². The van der Waals surface area contributed by atoms with Crippen molar-refractivity contribution in [1.82, 2.24) is 5.06 Å². The van der Waals surface area contributed by atoms with Crippen LogP contribution in [-0.4, -0.2) is 109 Å². The Labute approximate surface area is 361 Å². The SMILES string of the molecule is CC1(CCCS(=O)(=O)O)C(/C=C2/C(=O)C(/C=C3/N(CCCC(=O)ON4C(=O)CCC4=O)c4ccc(S(=O)(=O)O)cc4C3(C)CCCS(=O)(=O)O)=C2O)=Nc2ccc(S(=O)(=O)O)cc21. The van der Waals surface area contributed by atoms with E-state index in [4.69, 9.17) is 4.84 Å². The molecule has 3 aliphatic heterocycles. The number of imide groups is 1. The van der Waals surface area contributed by atoms with Crippen LogP contribution < -0.4 is 4.90 Å². The van der Waals surface area contributed by atoms with Crippen LogP contribution in [0.1, 0.15) is 76.3 Å². The molecule has 1 fully saturated rings. The second kappa shape index (κ2) is 16.8. The number of nitrogens with zero attached hydrogens (tertiary/aromatic N) is 3. The van der Waals surface area contributed by atoms with E-state index in [-0.39, 0.29) is 103 Å². The molecule has 1 saturated heterocycles. The van der Waals surface area contributed by atoms with Crippen molar-refractivity contribution in [3.8, 4) is 0 Å². The molecule has 21 nitrogen and oxygen atoms in total. The van der Waals surface area contributed by atoms with Crippen LogP contribution in [0.25, 0.3) is 0 Å². The first-order valence-corrected chi connectivity index (χ1v) is 25.1. The zero-order valence-corrected chi connectivity index (χ0v) is 36.7. The van der Waals surface area contributed by atoms with Gasteiger partial charge in [-0.15, -0.1) is 5.06 Å². The minimum Gasteiger partial charge on any atom is -0.506 e. The van der Waals surface area contributed by atoms with E-state index in [1.54, 1.807) is 18.7 Å². The lowest BCUT2D eigenvalue weighted by molar-refractivity contribution is -0.197. The Balaban J connectivity index is 1.41. The van der Waals surface area contributed by atoms with E-state index in [0.717, 1.165) is 24.3 Å². The van der Waals surface area contributed by atoms with E-state index in [0.29, 0.717) is 5.06 Å². The number of carbonyl (C=O) groups excluding carboxylic acids is 4. The lowest BCUT2D eigenvalue weighted by Crippen LogP contribution is -2.34. The predicted octanol–water partition coefficient (Wildman–Crippen LogP) is 3.23. The molecule has 25 heteroatoms. The van der Waals surface area contributed by atoms with Crippen molar-refractivity contribution in [2.75, 3.05) is 23.0 Å². The molecule has 0 saturated carbocycles. The minimum absolute atomic E-state index is 0.0487. The van der Waals surface area contributed by atoms with Gasteiger partial charge in [0, 0.05) is 48.0 Å². The van der Waals surface area contributed by atoms with Crippen LogP contribution in [0.2, 0.25) is 0 Å². The molecule has 0 radical (unpaired) electrons. The predicted molar refractivity (Wildman–Crippen MR) is 220 cm³/mol. The van der Waals surface area contributed by atoms with Gasteiger partial charge in [-0.25, -0.2) is 4.79 Å². The summed E-state index contributed by atoms with van der Waals surface area (Å²) in [6, 6.07) is 7.05. The summed E-state index contributed by atoms with van der Waals surface area (Å²) in [7, 11) is -18.5. The molecule has 1 aliphatic carbocycles. The third-order valence-electron chi connectivity index (χ3n) is 11.4. The summed E-state index contributed by atoms with van der Waals surface area (Å²) >= 11 is 0. The van der Waals surface area contributed by atoms with Gasteiger partial charge in [0.25, 0.3) is 52.3 Å². The Morgan fingerprint density at radius 1 is 0.762 bits per heavy atom. The number of ketones is 1. The molecule has 6 rings (SSSR count). The molecule has 2 amide bonds. The molecule has 63 heavy (non-hydrogen) atoms. The van der Waals surface area contributed by atoms with Crippen LogP contribution >= 0.6 is 0 Å². The molecule has 2 unspecified atom stereocenters. The average Bonchev–Trinajstić information content (AvgIpc) is 3.71. The normalized spacial score (nSPS) is 22.8. The molecule has 0 spiro atoms. The van der Waals surface area contributed by atoms with Gasteiger partial charge in [0.15, 0.2) is 0 Å². The first-order valence-electron chi connectivity index (χ1n) is 19.0. The number of fused-ring (bicyclic) bond motifs is 2. The van der Waals surface area contributed by atoms with Crippen LogP contribution in [0.5, 0.6) is 0 Å². The number of hydrogen-bond donors (Lipinski definition) is 5. The van der Waals surface area contributed by atoms with Crippen molar-refractivity contribution in [1.29, 1.82) is 0 Å². The molecule has 5 N–H and O–H groups in total. The van der Waals surface area contributed by atoms with Gasteiger partial charge in [-0.1, -0.05) is 0 Å². The molecule has 340 valence electrons. The Morgan fingerprint density at radius 2 is 1.30 bits per heavy atom. The summed E-state index contributed by atoms with van der Waals surface area (Å²) in [4.78, 5) is 60.8. The van der Waals surface area contributed by atoms with Gasteiger partial charge in [-0.05, 0) is 106 Å². The molecule has 0 bridgehead atoms. The van der Waals surface area contributed by atoms with E-state index in [1.165, 1.54) is 24.3 Å². The van der Waals surface area contributed by atoms with Gasteiger partial charge in [-0.2, -0.15) is 33.7 Å². The fourth-order valence-corrected chi connectivity index (χ4v) is 10.1. The maximum absolute atomic E-state index is 14.0. The number of allylic oxidation sites excluding steroid dienone is 5. The number of carbonyl (C=O) groups is 4. The number of amides is 2. The van der Waals surface area contributed by atoms with Gasteiger partial charge in [0.1, 0.15) is 5.76 Å². The van der Waals surface area contributed by atoms with E-state index >= 15 is 0 Å². The molecule has 2 aromatic rings. The fourth-order valence-electron chi connectivity index (χ4n) is 8.11. The maximum atomic E-state index is 14.0. The summed E-state index contributed by atoms with van der Waals surface area (Å²) in [6.45, 7) is 3.03. The molecule has 2 atom stereocenters. The average molecular weight is 956 g/mol. The van der Waals surface area contributed by atoms with E-state index in [1.807, 2.05) is 0 Å². The third-order valence-corrected chi connectivity index (χ3v) is 14.7. The number of hydrogen-bond acceptors (Lipinski definition) is 16. The highest BCUT2D eigenvalue weighted by molar-refractivity contribution is 7.86. The van der Waals surface area contributed by atoms with Crippen LogP contribution in [0.15, 0.2) is 85.9 Å². The van der Waals surface area contributed by atoms with Gasteiger partial charge in [-0.3, -0.25) is 37.6 Å². The number of anilines is 1. The highest BCUT2D eigenvalue weighted by Gasteiger charge is 2.47. The Kier molecular flexibility index (Phi) is 12.6. The standard InChI is InChI=1S/C38H41N3O18S4/c1-37(13-4-16-60(47,48)49)26-18-22(62(53,54)55)7-9-28(26)39-30(37)20-24-35(45)25(36(24)46)21-31-38(2,14-5-17-61(50,51)52)27-19-23(63(56,57)58)8-10-29(27)40(31)15-3-6-34(44)59-41-32(42)11-12-33(41)43/h7-10,18-21,45H,3-6,11-17H2,1-2H3,(H,47,48,49)(H,50,51,52)(H,53,54,55)(H,56,57,58)/b24-20+,31-21+. The van der Waals surface area contributed by atoms with Crippen LogP contribution in [-0.2, 0) is 75.3 Å². The molecule has 3 heterocycles. The van der Waals surface area contributed by atoms with Crippen LogP contribution in [0.4, 0.5) is 11.4 Å². The lowest BCUT2D eigenvalue weighted by Gasteiger charge is -2.32. The highest BCUT2D eigenvalue weighted by Crippen LogP contribution is 2.53. The summed E-state index contributed by atoms with van der Waals surface area (Å²) in [5.41, 5.74) is -2.17. The molecule has 0 aromatic heterocycles. The summed E-state index contributed by atoms with van der Waals surface area (Å²) in [6.07, 6.45) is 1.19. The Morgan fingerprint density at radius 3 is 1.84 bits per heavy atom. The van der Waals surface area contributed by atoms with Gasteiger partial charge in [0.2, 0.25) is 5.78 Å². The summed E-state index contributed by atoms with van der Waals surface area (Å²) in [5, 5.41) is 11.9. The van der Waals surface area contributed by atoms with Crippen molar-refractivity contribution in [2.45, 2.75) is 85.8 Å². The van der Waals surface area contributed by atoms with Crippen molar-refractivity contribution >= 4 is 81.1 Å². The summed E-state index contributed by atoms with van der Waals surface area (Å²) in [5.74, 6) is -5.12. The Hall–Kier alpha value is -5.15. The number of aliphatic imine (C=N–C) groups is 1. The number of benzene rings is 2. The topological polar surface area (TPSA) is 334 Å². The minimum atomic E-state index is -4.81. The quantitative estimate of drug-likeness (QED) is 0.0863. The highest BCUT2D eigenvalue weighted by atomic mass is 32.2. The zero-order valence-electron chi connectivity index (χ0n) is 33.4. The van der Waals surface area contributed by atoms with E-state index < -0.39 is 102 Å². The number of aliphatic hydroxyl groups is 1. The maximum Gasteiger partial charge on any atom is 0.333 e. The monoisotopic (exact) mass is 955 g/mol. The van der Waals surface area contributed by atoms with E-state index in [9.17, 15) is 76.2 Å². The van der Waals surface area contributed by atoms with Crippen molar-refractivity contribution in [3.05, 3.63) is 82.3 Å². The zero-order chi connectivity index (χ0) is 46.7. The number of rotatable bonds is 17. The first-order chi connectivity index (χ1) is 29.0. The van der Waals surface area contributed by atoms with Crippen molar-refractivity contribution in [3.63, 3.8) is 0 Å². The number of aliphatic hydroxyl groups excluding tert-OH is 1. The smallest absolute Gasteiger partial charge is 0.333 e. The van der Waals surface area contributed by atoms with Crippen LogP contribution in [0, 0.1) is 0 Å². The van der Waals surface area contributed by atoms with Gasteiger partial charge < -0.3 is 14.8 Å². The largest absolute Gasteiger partial charge is 0.506 e. The lowest BCUT2D eigenvalue weighted by atomic mass is 9.73. The van der Waals surface area contributed by atoms with Crippen molar-refractivity contribution in [2.24, 2.45) is 4.99 Å². The third kappa shape index (κ3) is 9.84. The first kappa shape index (κ1) is 47.3. The fraction of sp³-hybridized carbons (Fsp3) is 0.395. The molecule has 2 aromatic carbocycles. The second-order valence-corrected chi connectivity index (χ2v) is 21.7.